The molecule has 0 saturated carbocycles. The highest BCUT2D eigenvalue weighted by Gasteiger charge is 1.75. The minimum atomic E-state index is 0.767. The van der Waals surface area contributed by atoms with E-state index in [-0.39, 0.29) is 0 Å². The first-order chi connectivity index (χ1) is 5.33. The van der Waals surface area contributed by atoms with Gasteiger partial charge < -0.3 is 5.73 Å². The standard InChI is InChI=1S/C5H12S.C3H9NS/c1-2-3-4-5-6;4-2-1-3-5/h6H,2-5H2,1H3;5H,1-4H2. The predicted octanol–water partition coefficient (Wildman–Crippen LogP) is 2.37. The van der Waals surface area contributed by atoms with Crippen LogP contribution in [0.3, 0.4) is 0 Å². The van der Waals surface area contributed by atoms with Crippen LogP contribution in [0.5, 0.6) is 0 Å². The van der Waals surface area contributed by atoms with E-state index in [1.807, 2.05) is 0 Å². The lowest BCUT2D eigenvalue weighted by atomic mass is 10.3. The van der Waals surface area contributed by atoms with E-state index in [0.29, 0.717) is 0 Å². The van der Waals surface area contributed by atoms with Crippen molar-refractivity contribution >= 4 is 25.3 Å². The third-order valence-electron chi connectivity index (χ3n) is 1.12. The summed E-state index contributed by atoms with van der Waals surface area (Å²) in [6.45, 7) is 2.97. The Kier molecular flexibility index (Phi) is 21.9. The van der Waals surface area contributed by atoms with E-state index in [9.17, 15) is 0 Å². The number of unbranched alkanes of at least 4 members (excludes halogenated alkanes) is 2. The van der Waals surface area contributed by atoms with Gasteiger partial charge in [-0.1, -0.05) is 19.8 Å². The third-order valence-corrected chi connectivity index (χ3v) is 1.76. The van der Waals surface area contributed by atoms with Gasteiger partial charge in [0.15, 0.2) is 0 Å². The van der Waals surface area contributed by atoms with Crippen LogP contribution in [-0.4, -0.2) is 18.1 Å². The molecule has 0 spiro atoms. The number of hydrogen-bond donors (Lipinski definition) is 3. The van der Waals surface area contributed by atoms with Crippen molar-refractivity contribution in [3.8, 4) is 0 Å². The van der Waals surface area contributed by atoms with Gasteiger partial charge in [-0.25, -0.2) is 0 Å². The summed E-state index contributed by atoms with van der Waals surface area (Å²) in [5.41, 5.74) is 5.09. The molecular formula is C8H21NS2. The van der Waals surface area contributed by atoms with Gasteiger partial charge in [-0.3, -0.25) is 0 Å². The van der Waals surface area contributed by atoms with E-state index < -0.39 is 0 Å². The van der Waals surface area contributed by atoms with Crippen molar-refractivity contribution in [3.63, 3.8) is 0 Å². The Labute approximate surface area is 81.9 Å². The van der Waals surface area contributed by atoms with E-state index in [2.05, 4.69) is 32.2 Å². The van der Waals surface area contributed by atoms with Gasteiger partial charge in [-0.05, 0) is 30.9 Å². The van der Waals surface area contributed by atoms with Crippen molar-refractivity contribution in [2.45, 2.75) is 32.6 Å². The first-order valence-electron chi connectivity index (χ1n) is 4.25. The largest absolute Gasteiger partial charge is 0.330 e. The number of hydrogen-bond acceptors (Lipinski definition) is 3. The van der Waals surface area contributed by atoms with Gasteiger partial charge in [0.2, 0.25) is 0 Å². The van der Waals surface area contributed by atoms with Gasteiger partial charge in [0.05, 0.1) is 0 Å². The molecule has 11 heavy (non-hydrogen) atoms. The first kappa shape index (κ1) is 14.2. The minimum absolute atomic E-state index is 0.767. The highest BCUT2D eigenvalue weighted by Crippen LogP contribution is 1.93. The maximum absolute atomic E-state index is 5.09. The molecule has 3 heteroatoms. The smallest absolute Gasteiger partial charge is 0.00695 e. The lowest BCUT2D eigenvalue weighted by molar-refractivity contribution is 0.780. The second-order valence-corrected chi connectivity index (χ2v) is 3.19. The first-order valence-corrected chi connectivity index (χ1v) is 5.51. The molecule has 1 nitrogen and oxygen atoms in total. The molecule has 0 saturated heterocycles. The van der Waals surface area contributed by atoms with E-state index in [1.165, 1.54) is 19.3 Å². The highest BCUT2D eigenvalue weighted by molar-refractivity contribution is 7.80. The molecule has 0 aromatic heterocycles. The Hall–Kier alpha value is 0.660. The Morgan fingerprint density at radius 3 is 1.64 bits per heavy atom. The normalized spacial score (nSPS) is 8.73. The molecule has 0 unspecified atom stereocenters. The van der Waals surface area contributed by atoms with Crippen molar-refractivity contribution < 1.29 is 0 Å². The summed E-state index contributed by atoms with van der Waals surface area (Å²) in [7, 11) is 0. The molecule has 0 amide bonds. The van der Waals surface area contributed by atoms with Gasteiger partial charge in [0, 0.05) is 0 Å². The summed E-state index contributed by atoms with van der Waals surface area (Å²) in [6, 6.07) is 0. The van der Waals surface area contributed by atoms with Crippen LogP contribution < -0.4 is 5.73 Å². The molecule has 2 N–H and O–H groups in total. The maximum atomic E-state index is 5.09. The quantitative estimate of drug-likeness (QED) is 0.456. The Morgan fingerprint density at radius 1 is 1.00 bits per heavy atom. The van der Waals surface area contributed by atoms with Crippen LogP contribution in [0.2, 0.25) is 0 Å². The van der Waals surface area contributed by atoms with Crippen molar-refractivity contribution in [1.29, 1.82) is 0 Å². The number of nitrogens with two attached hydrogens (primary N) is 1. The zero-order chi connectivity index (χ0) is 8.95. The molecule has 0 heterocycles. The number of rotatable bonds is 5. The molecule has 0 aliphatic carbocycles. The van der Waals surface area contributed by atoms with Crippen LogP contribution in [0.15, 0.2) is 0 Å². The molecule has 0 radical (unpaired) electrons. The summed E-state index contributed by atoms with van der Waals surface area (Å²) < 4.78 is 0. The average molecular weight is 195 g/mol. The zero-order valence-corrected chi connectivity index (χ0v) is 9.21. The fraction of sp³-hybridized carbons (Fsp3) is 1.00. The summed E-state index contributed by atoms with van der Waals surface area (Å²) in [5.74, 6) is 1.96. The topological polar surface area (TPSA) is 26.0 Å². The number of thiol groups is 2. The fourth-order valence-corrected chi connectivity index (χ4v) is 0.859. The molecule has 0 atom stereocenters. The lowest BCUT2D eigenvalue weighted by Crippen LogP contribution is -1.97. The third kappa shape index (κ3) is 25.0. The fourth-order valence-electron chi connectivity index (χ4n) is 0.453. The van der Waals surface area contributed by atoms with Crippen molar-refractivity contribution in [1.82, 2.24) is 0 Å². The molecule has 0 bridgehead atoms. The van der Waals surface area contributed by atoms with Crippen LogP contribution in [0, 0.1) is 0 Å². The second-order valence-electron chi connectivity index (χ2n) is 2.30. The SMILES string of the molecule is CCCCCS.NCCCS. The molecule has 0 fully saturated rings. The van der Waals surface area contributed by atoms with Gasteiger partial charge in [0.1, 0.15) is 0 Å². The average Bonchev–Trinajstić information content (AvgIpc) is 2.04. The Balaban J connectivity index is 0. The molecule has 0 aliphatic rings. The van der Waals surface area contributed by atoms with Crippen LogP contribution in [-0.2, 0) is 0 Å². The molecule has 0 aromatic carbocycles. The minimum Gasteiger partial charge on any atom is -0.330 e. The molecule has 70 valence electrons. The second kappa shape index (κ2) is 17.0. The van der Waals surface area contributed by atoms with Gasteiger partial charge in [-0.15, -0.1) is 0 Å². The van der Waals surface area contributed by atoms with Gasteiger partial charge in [0.25, 0.3) is 0 Å². The lowest BCUT2D eigenvalue weighted by Gasteiger charge is -1.85. The van der Waals surface area contributed by atoms with E-state index in [4.69, 9.17) is 5.73 Å². The van der Waals surface area contributed by atoms with Crippen LogP contribution >= 0.6 is 25.3 Å². The summed E-state index contributed by atoms with van der Waals surface area (Å²) in [4.78, 5) is 0. The molecule has 0 rings (SSSR count). The van der Waals surface area contributed by atoms with Crippen molar-refractivity contribution in [2.75, 3.05) is 18.1 Å². The Bertz CT molecular complexity index is 45.4. The molecule has 0 aliphatic heterocycles. The Morgan fingerprint density at radius 2 is 1.55 bits per heavy atom. The van der Waals surface area contributed by atoms with Crippen LogP contribution in [0.4, 0.5) is 0 Å². The van der Waals surface area contributed by atoms with Crippen molar-refractivity contribution in [2.24, 2.45) is 5.73 Å². The van der Waals surface area contributed by atoms with E-state index >= 15 is 0 Å². The maximum Gasteiger partial charge on any atom is -0.00695 e. The molecular weight excluding hydrogens is 174 g/mol. The zero-order valence-electron chi connectivity index (χ0n) is 7.42. The van der Waals surface area contributed by atoms with Gasteiger partial charge in [-0.2, -0.15) is 25.3 Å². The van der Waals surface area contributed by atoms with E-state index in [1.54, 1.807) is 0 Å². The summed E-state index contributed by atoms with van der Waals surface area (Å²) in [6.07, 6.45) is 4.95. The van der Waals surface area contributed by atoms with Crippen LogP contribution in [0.1, 0.15) is 32.6 Å². The van der Waals surface area contributed by atoms with Crippen LogP contribution in [0.25, 0.3) is 0 Å². The monoisotopic (exact) mass is 195 g/mol. The van der Waals surface area contributed by atoms with E-state index in [0.717, 1.165) is 24.5 Å². The summed E-state index contributed by atoms with van der Waals surface area (Å²) in [5, 5.41) is 0. The molecule has 0 aromatic rings. The predicted molar refractivity (Wildman–Crippen MR) is 60.9 cm³/mol. The van der Waals surface area contributed by atoms with Crippen molar-refractivity contribution in [3.05, 3.63) is 0 Å². The van der Waals surface area contributed by atoms with Gasteiger partial charge >= 0.3 is 0 Å². The highest BCUT2D eigenvalue weighted by atomic mass is 32.1. The summed E-state index contributed by atoms with van der Waals surface area (Å²) >= 11 is 7.98.